The summed E-state index contributed by atoms with van der Waals surface area (Å²) < 4.78 is 16.3. The van der Waals surface area contributed by atoms with Crippen molar-refractivity contribution in [1.29, 1.82) is 0 Å². The number of H-pyrrole nitrogens is 1. The molecule has 0 unspecified atom stereocenters. The average molecular weight is 552 g/mol. The number of nitrogens with one attached hydrogen (secondary N) is 2. The number of benzene rings is 4. The molecule has 6 rings (SSSR count). The van der Waals surface area contributed by atoms with Gasteiger partial charge in [-0.3, -0.25) is 4.79 Å². The number of amides is 1. The Balaban J connectivity index is 1.25. The molecule has 198 valence electrons. The van der Waals surface area contributed by atoms with Gasteiger partial charge in [0.25, 0.3) is 5.91 Å². The Morgan fingerprint density at radius 2 is 1.77 bits per heavy atom. The van der Waals surface area contributed by atoms with Crippen LogP contribution in [0.25, 0.3) is 22.0 Å². The predicted molar refractivity (Wildman–Crippen MR) is 153 cm³/mol. The molecule has 8 nitrogen and oxygen atoms in total. The largest absolute Gasteiger partial charge is 0.454 e. The summed E-state index contributed by atoms with van der Waals surface area (Å²) in [6.07, 6.45) is 1.42. The van der Waals surface area contributed by atoms with Crippen LogP contribution in [0.4, 0.5) is 0 Å². The molecule has 1 aliphatic heterocycles. The molecule has 1 amide bonds. The van der Waals surface area contributed by atoms with Crippen LogP contribution in [0.5, 0.6) is 17.2 Å². The fourth-order valence-corrected chi connectivity index (χ4v) is 4.79. The molecule has 0 saturated carbocycles. The van der Waals surface area contributed by atoms with Crippen LogP contribution in [0, 0.1) is 6.92 Å². The molecule has 1 aliphatic rings. The van der Waals surface area contributed by atoms with Crippen LogP contribution in [0.1, 0.15) is 32.0 Å². The number of aryl methyl sites for hydroxylation is 1. The van der Waals surface area contributed by atoms with Crippen LogP contribution in [-0.2, 0) is 0 Å². The van der Waals surface area contributed by atoms with Crippen LogP contribution in [0.3, 0.4) is 0 Å². The standard InChI is InChI=1S/C31H22ClN3O5/c1-18-7-6-10-22-27(21-9-3-4-11-23(21)32)29(34-28(18)22)30(36)35-33-16-20-8-2-5-12-24(20)40-31(37)19-13-14-25-26(15-19)39-17-38-25/h2-16,34H,17H2,1H3,(H,35,36). The van der Waals surface area contributed by atoms with Gasteiger partial charge in [-0.15, -0.1) is 0 Å². The highest BCUT2D eigenvalue weighted by atomic mass is 35.5. The normalized spacial score (nSPS) is 12.2. The van der Waals surface area contributed by atoms with Gasteiger partial charge in [-0.2, -0.15) is 5.10 Å². The first-order valence-electron chi connectivity index (χ1n) is 12.4. The summed E-state index contributed by atoms with van der Waals surface area (Å²) in [7, 11) is 0. The average Bonchev–Trinajstić information content (AvgIpc) is 3.59. The van der Waals surface area contributed by atoms with Crippen molar-refractivity contribution in [1.82, 2.24) is 10.4 Å². The van der Waals surface area contributed by atoms with Gasteiger partial charge >= 0.3 is 5.97 Å². The van der Waals surface area contributed by atoms with Crippen molar-refractivity contribution in [2.75, 3.05) is 6.79 Å². The number of rotatable bonds is 6. The Bertz CT molecular complexity index is 1810. The van der Waals surface area contributed by atoms with Gasteiger partial charge in [0.1, 0.15) is 11.4 Å². The lowest BCUT2D eigenvalue weighted by Crippen LogP contribution is -2.19. The van der Waals surface area contributed by atoms with E-state index < -0.39 is 11.9 Å². The number of halogens is 1. The van der Waals surface area contributed by atoms with E-state index in [1.54, 1.807) is 48.5 Å². The lowest BCUT2D eigenvalue weighted by molar-refractivity contribution is 0.0733. The Kier molecular flexibility index (Phi) is 6.67. The lowest BCUT2D eigenvalue weighted by atomic mass is 10.0. The molecule has 0 radical (unpaired) electrons. The first-order chi connectivity index (χ1) is 19.5. The maximum atomic E-state index is 13.4. The van der Waals surface area contributed by atoms with Gasteiger partial charge in [-0.25, -0.2) is 10.2 Å². The predicted octanol–water partition coefficient (Wildman–Crippen LogP) is 6.51. The molecule has 0 aliphatic carbocycles. The molecule has 2 heterocycles. The van der Waals surface area contributed by atoms with Crippen LogP contribution in [-0.4, -0.2) is 29.9 Å². The van der Waals surface area contributed by atoms with Gasteiger partial charge in [-0.05, 0) is 48.9 Å². The van der Waals surface area contributed by atoms with Crippen molar-refractivity contribution in [2.24, 2.45) is 5.10 Å². The summed E-state index contributed by atoms with van der Waals surface area (Å²) in [6.45, 7) is 2.08. The minimum atomic E-state index is -0.569. The molecule has 2 N–H and O–H groups in total. The number of nitrogens with zero attached hydrogens (tertiary/aromatic N) is 1. The molecule has 0 saturated heterocycles. The molecular weight excluding hydrogens is 530 g/mol. The summed E-state index contributed by atoms with van der Waals surface area (Å²) in [4.78, 5) is 29.4. The molecule has 40 heavy (non-hydrogen) atoms. The van der Waals surface area contributed by atoms with E-state index in [1.807, 2.05) is 43.3 Å². The molecular formula is C31H22ClN3O5. The number of aromatic nitrogens is 1. The van der Waals surface area contributed by atoms with Crippen molar-refractivity contribution in [3.05, 3.63) is 112 Å². The number of ether oxygens (including phenoxy) is 3. The number of esters is 1. The Hall–Kier alpha value is -5.08. The number of aromatic amines is 1. The highest BCUT2D eigenvalue weighted by Crippen LogP contribution is 2.37. The van der Waals surface area contributed by atoms with Crippen molar-refractivity contribution in [3.8, 4) is 28.4 Å². The number of fused-ring (bicyclic) bond motifs is 2. The first kappa shape index (κ1) is 25.2. The van der Waals surface area contributed by atoms with E-state index in [-0.39, 0.29) is 12.5 Å². The second-order valence-electron chi connectivity index (χ2n) is 9.05. The lowest BCUT2D eigenvalue weighted by Gasteiger charge is -2.08. The zero-order chi connectivity index (χ0) is 27.6. The number of hydrazone groups is 1. The molecule has 5 aromatic rings. The van der Waals surface area contributed by atoms with Gasteiger partial charge in [0.15, 0.2) is 11.5 Å². The SMILES string of the molecule is Cc1cccc2c(-c3ccccc3Cl)c(C(=O)NN=Cc3ccccc3OC(=O)c3ccc4c(c3)OCO4)[nH]c12. The number of carbonyl (C=O) groups excluding carboxylic acids is 2. The van der Waals surface area contributed by atoms with Crippen LogP contribution in [0.15, 0.2) is 90.0 Å². The Morgan fingerprint density at radius 3 is 2.65 bits per heavy atom. The second kappa shape index (κ2) is 10.6. The van der Waals surface area contributed by atoms with E-state index in [9.17, 15) is 9.59 Å². The Morgan fingerprint density at radius 1 is 0.975 bits per heavy atom. The van der Waals surface area contributed by atoms with E-state index in [0.29, 0.717) is 38.9 Å². The van der Waals surface area contributed by atoms with Crippen LogP contribution >= 0.6 is 11.6 Å². The smallest absolute Gasteiger partial charge is 0.343 e. The summed E-state index contributed by atoms with van der Waals surface area (Å²) in [6, 6.07) is 24.9. The molecule has 0 fully saturated rings. The second-order valence-corrected chi connectivity index (χ2v) is 9.45. The van der Waals surface area contributed by atoms with Gasteiger partial charge in [0.2, 0.25) is 6.79 Å². The Labute approximate surface area is 234 Å². The third-order valence-corrected chi connectivity index (χ3v) is 6.84. The fraction of sp³-hybridized carbons (Fsp3) is 0.0645. The van der Waals surface area contributed by atoms with Gasteiger partial charge < -0.3 is 19.2 Å². The van der Waals surface area contributed by atoms with E-state index in [0.717, 1.165) is 22.0 Å². The number of para-hydroxylation sites is 2. The van der Waals surface area contributed by atoms with E-state index >= 15 is 0 Å². The number of hydrogen-bond donors (Lipinski definition) is 2. The van der Waals surface area contributed by atoms with E-state index in [4.69, 9.17) is 25.8 Å². The fourth-order valence-electron chi connectivity index (χ4n) is 4.56. The van der Waals surface area contributed by atoms with E-state index in [2.05, 4.69) is 15.5 Å². The van der Waals surface area contributed by atoms with Crippen molar-refractivity contribution >= 4 is 40.6 Å². The van der Waals surface area contributed by atoms with Crippen LogP contribution in [0.2, 0.25) is 5.02 Å². The first-order valence-corrected chi connectivity index (χ1v) is 12.8. The van der Waals surface area contributed by atoms with Crippen molar-refractivity contribution in [3.63, 3.8) is 0 Å². The minimum Gasteiger partial charge on any atom is -0.454 e. The zero-order valence-electron chi connectivity index (χ0n) is 21.2. The number of carbonyl (C=O) groups is 2. The summed E-state index contributed by atoms with van der Waals surface area (Å²) in [5.41, 5.74) is 6.98. The van der Waals surface area contributed by atoms with Crippen LogP contribution < -0.4 is 19.6 Å². The monoisotopic (exact) mass is 551 g/mol. The highest BCUT2D eigenvalue weighted by Gasteiger charge is 2.22. The third-order valence-electron chi connectivity index (χ3n) is 6.51. The maximum Gasteiger partial charge on any atom is 0.343 e. The van der Waals surface area contributed by atoms with E-state index in [1.165, 1.54) is 6.21 Å². The summed E-state index contributed by atoms with van der Waals surface area (Å²) in [5.74, 6) is 0.316. The van der Waals surface area contributed by atoms with Gasteiger partial charge in [0, 0.05) is 32.6 Å². The van der Waals surface area contributed by atoms with Crippen molar-refractivity contribution in [2.45, 2.75) is 6.92 Å². The highest BCUT2D eigenvalue weighted by molar-refractivity contribution is 6.34. The summed E-state index contributed by atoms with van der Waals surface area (Å²) in [5, 5.41) is 5.56. The summed E-state index contributed by atoms with van der Waals surface area (Å²) >= 11 is 6.52. The van der Waals surface area contributed by atoms with Crippen molar-refractivity contribution < 1.29 is 23.8 Å². The van der Waals surface area contributed by atoms with Gasteiger partial charge in [-0.1, -0.05) is 60.1 Å². The zero-order valence-corrected chi connectivity index (χ0v) is 22.0. The molecule has 0 bridgehead atoms. The topological polar surface area (TPSA) is 102 Å². The molecule has 1 aromatic heterocycles. The quantitative estimate of drug-likeness (QED) is 0.108. The third kappa shape index (κ3) is 4.76. The minimum absolute atomic E-state index is 0.108. The maximum absolute atomic E-state index is 13.4. The molecule has 9 heteroatoms. The number of hydrogen-bond acceptors (Lipinski definition) is 6. The molecule has 4 aromatic carbocycles. The molecule has 0 atom stereocenters. The van der Waals surface area contributed by atoms with Gasteiger partial charge in [0.05, 0.1) is 11.8 Å². The molecule has 0 spiro atoms.